The van der Waals surface area contributed by atoms with Crippen LogP contribution in [-0.2, 0) is 6.54 Å². The number of nitrogens with one attached hydrogen (secondary N) is 1. The molecule has 0 spiro atoms. The summed E-state index contributed by atoms with van der Waals surface area (Å²) in [4.78, 5) is 2.37. The fraction of sp³-hybridized carbons (Fsp3) is 0.533. The lowest BCUT2D eigenvalue weighted by Crippen LogP contribution is -2.38. The number of nitrogen functional groups attached to an aromatic ring is 1. The number of piperidine rings is 1. The van der Waals surface area contributed by atoms with Gasteiger partial charge in [-0.15, -0.1) is 0 Å². The van der Waals surface area contributed by atoms with E-state index in [9.17, 15) is 4.39 Å². The van der Waals surface area contributed by atoms with Crippen LogP contribution in [0.25, 0.3) is 0 Å². The Morgan fingerprint density at radius 1 is 1.42 bits per heavy atom. The third-order valence-electron chi connectivity index (χ3n) is 4.17. The Labute approximate surface area is 114 Å². The summed E-state index contributed by atoms with van der Waals surface area (Å²) in [5.41, 5.74) is 7.00. The molecule has 1 heterocycles. The van der Waals surface area contributed by atoms with Crippen LogP contribution in [0.15, 0.2) is 18.2 Å². The monoisotopic (exact) mass is 263 g/mol. The van der Waals surface area contributed by atoms with Crippen LogP contribution >= 0.6 is 0 Å². The molecule has 1 aromatic rings. The zero-order chi connectivity index (χ0) is 14.0. The van der Waals surface area contributed by atoms with Crippen molar-refractivity contribution in [2.75, 3.05) is 13.1 Å². The molecule has 0 aromatic heterocycles. The first-order valence-electron chi connectivity index (χ1n) is 6.82. The van der Waals surface area contributed by atoms with Gasteiger partial charge in [0.15, 0.2) is 0 Å². The summed E-state index contributed by atoms with van der Waals surface area (Å²) in [6.45, 7) is 7.41. The predicted molar refractivity (Wildman–Crippen MR) is 75.6 cm³/mol. The topological polar surface area (TPSA) is 53.1 Å². The van der Waals surface area contributed by atoms with Crippen molar-refractivity contribution in [3.8, 4) is 0 Å². The van der Waals surface area contributed by atoms with Gasteiger partial charge < -0.3 is 5.73 Å². The van der Waals surface area contributed by atoms with Gasteiger partial charge in [0.1, 0.15) is 11.7 Å². The highest BCUT2D eigenvalue weighted by atomic mass is 19.1. The van der Waals surface area contributed by atoms with Gasteiger partial charge in [-0.05, 0) is 42.5 Å². The van der Waals surface area contributed by atoms with E-state index in [0.29, 0.717) is 11.5 Å². The maximum absolute atomic E-state index is 13.2. The van der Waals surface area contributed by atoms with E-state index in [2.05, 4.69) is 18.7 Å². The largest absolute Gasteiger partial charge is 0.384 e. The molecule has 3 nitrogen and oxygen atoms in total. The quantitative estimate of drug-likeness (QED) is 0.650. The minimum absolute atomic E-state index is 0.0621. The molecule has 0 bridgehead atoms. The molecule has 2 unspecified atom stereocenters. The molecule has 1 saturated heterocycles. The van der Waals surface area contributed by atoms with Crippen LogP contribution in [0.5, 0.6) is 0 Å². The van der Waals surface area contributed by atoms with E-state index in [1.54, 1.807) is 6.07 Å². The molecule has 1 fully saturated rings. The molecular weight excluding hydrogens is 241 g/mol. The molecular formula is C15H22FN3. The molecule has 2 rings (SSSR count). The highest BCUT2D eigenvalue weighted by molar-refractivity contribution is 5.96. The Kier molecular flexibility index (Phi) is 4.20. The standard InChI is InChI=1S/C15H22FN3/c1-10-5-6-19(8-11(10)2)9-12-3-4-13(16)7-14(12)15(17)18/h3-4,7,10-11H,5-6,8-9H2,1-2H3,(H3,17,18). The van der Waals surface area contributed by atoms with Crippen LogP contribution in [0.1, 0.15) is 31.4 Å². The van der Waals surface area contributed by atoms with Gasteiger partial charge in [-0.2, -0.15) is 0 Å². The second-order valence-corrected chi connectivity index (χ2v) is 5.69. The van der Waals surface area contributed by atoms with Crippen molar-refractivity contribution in [3.63, 3.8) is 0 Å². The molecule has 1 aliphatic heterocycles. The van der Waals surface area contributed by atoms with E-state index >= 15 is 0 Å². The fourth-order valence-electron chi connectivity index (χ4n) is 2.67. The van der Waals surface area contributed by atoms with Crippen molar-refractivity contribution in [3.05, 3.63) is 35.1 Å². The first-order valence-corrected chi connectivity index (χ1v) is 6.82. The summed E-state index contributed by atoms with van der Waals surface area (Å²) in [7, 11) is 0. The number of nitrogens with zero attached hydrogens (tertiary/aromatic N) is 1. The van der Waals surface area contributed by atoms with Crippen LogP contribution in [0, 0.1) is 23.1 Å². The lowest BCUT2D eigenvalue weighted by atomic mass is 9.88. The zero-order valence-electron chi connectivity index (χ0n) is 11.6. The van der Waals surface area contributed by atoms with Crippen molar-refractivity contribution < 1.29 is 4.39 Å². The number of halogens is 1. The normalized spacial score (nSPS) is 24.4. The van der Waals surface area contributed by atoms with Crippen LogP contribution in [0.2, 0.25) is 0 Å². The molecule has 4 heteroatoms. The van der Waals surface area contributed by atoms with Crippen molar-refractivity contribution in [1.29, 1.82) is 5.41 Å². The lowest BCUT2D eigenvalue weighted by molar-refractivity contribution is 0.132. The van der Waals surface area contributed by atoms with Gasteiger partial charge in [0, 0.05) is 18.7 Å². The van der Waals surface area contributed by atoms with Gasteiger partial charge in [0.2, 0.25) is 0 Å². The first kappa shape index (κ1) is 14.0. The highest BCUT2D eigenvalue weighted by Gasteiger charge is 2.23. The molecule has 0 aliphatic carbocycles. The Morgan fingerprint density at radius 3 is 2.79 bits per heavy atom. The lowest BCUT2D eigenvalue weighted by Gasteiger charge is -2.35. The number of hydrogen-bond donors (Lipinski definition) is 2. The summed E-state index contributed by atoms with van der Waals surface area (Å²) >= 11 is 0. The summed E-state index contributed by atoms with van der Waals surface area (Å²) in [6.07, 6.45) is 1.19. The molecule has 2 atom stereocenters. The summed E-state index contributed by atoms with van der Waals surface area (Å²) in [6, 6.07) is 4.54. The fourth-order valence-corrected chi connectivity index (χ4v) is 2.67. The predicted octanol–water partition coefficient (Wildman–Crippen LogP) is 2.59. The van der Waals surface area contributed by atoms with Crippen molar-refractivity contribution in [2.45, 2.75) is 26.8 Å². The number of rotatable bonds is 3. The van der Waals surface area contributed by atoms with Crippen LogP contribution in [-0.4, -0.2) is 23.8 Å². The molecule has 0 saturated carbocycles. The van der Waals surface area contributed by atoms with Gasteiger partial charge in [-0.25, -0.2) is 4.39 Å². The highest BCUT2D eigenvalue weighted by Crippen LogP contribution is 2.24. The summed E-state index contributed by atoms with van der Waals surface area (Å²) in [5.74, 6) is 1.04. The molecule has 0 radical (unpaired) electrons. The van der Waals surface area contributed by atoms with E-state index in [1.807, 2.05) is 0 Å². The van der Waals surface area contributed by atoms with E-state index < -0.39 is 0 Å². The zero-order valence-corrected chi connectivity index (χ0v) is 11.6. The smallest absolute Gasteiger partial charge is 0.123 e. The van der Waals surface area contributed by atoms with E-state index in [1.165, 1.54) is 18.6 Å². The van der Waals surface area contributed by atoms with Crippen molar-refractivity contribution >= 4 is 5.84 Å². The molecule has 1 aliphatic rings. The summed E-state index contributed by atoms with van der Waals surface area (Å²) < 4.78 is 13.2. The molecule has 1 aromatic carbocycles. The van der Waals surface area contributed by atoms with Crippen molar-refractivity contribution in [1.82, 2.24) is 4.90 Å². The first-order chi connectivity index (χ1) is 8.97. The van der Waals surface area contributed by atoms with E-state index in [4.69, 9.17) is 11.1 Å². The van der Waals surface area contributed by atoms with Crippen molar-refractivity contribution in [2.24, 2.45) is 17.6 Å². The maximum Gasteiger partial charge on any atom is 0.123 e. The number of amidine groups is 1. The minimum atomic E-state index is -0.338. The third kappa shape index (κ3) is 3.32. The van der Waals surface area contributed by atoms with Crippen LogP contribution in [0.3, 0.4) is 0 Å². The van der Waals surface area contributed by atoms with Gasteiger partial charge in [0.05, 0.1) is 0 Å². The Morgan fingerprint density at radius 2 is 2.16 bits per heavy atom. The summed E-state index contributed by atoms with van der Waals surface area (Å²) in [5, 5.41) is 7.55. The average Bonchev–Trinajstić information content (AvgIpc) is 2.36. The van der Waals surface area contributed by atoms with Crippen LogP contribution < -0.4 is 5.73 Å². The number of hydrogen-bond acceptors (Lipinski definition) is 2. The second-order valence-electron chi connectivity index (χ2n) is 5.69. The van der Waals surface area contributed by atoms with Gasteiger partial charge in [0.25, 0.3) is 0 Å². The third-order valence-corrected chi connectivity index (χ3v) is 4.17. The Bertz CT molecular complexity index is 472. The molecule has 0 amide bonds. The maximum atomic E-state index is 13.2. The molecule has 104 valence electrons. The molecule has 3 N–H and O–H groups in total. The van der Waals surface area contributed by atoms with Gasteiger partial charge in [-0.1, -0.05) is 19.9 Å². The van der Waals surface area contributed by atoms with E-state index in [-0.39, 0.29) is 11.7 Å². The number of likely N-dealkylation sites (tertiary alicyclic amines) is 1. The van der Waals surface area contributed by atoms with E-state index in [0.717, 1.165) is 31.1 Å². The van der Waals surface area contributed by atoms with Gasteiger partial charge in [-0.3, -0.25) is 10.3 Å². The number of nitrogens with two attached hydrogens (primary N) is 1. The molecule has 19 heavy (non-hydrogen) atoms. The van der Waals surface area contributed by atoms with Crippen LogP contribution in [0.4, 0.5) is 4.39 Å². The number of benzene rings is 1. The average molecular weight is 263 g/mol. The Balaban J connectivity index is 2.13. The minimum Gasteiger partial charge on any atom is -0.384 e. The SMILES string of the molecule is CC1CCN(Cc2ccc(F)cc2C(=N)N)CC1C. The van der Waals surface area contributed by atoms with Gasteiger partial charge >= 0.3 is 0 Å². The Hall–Kier alpha value is -1.42. The second kappa shape index (κ2) is 5.70.